The van der Waals surface area contributed by atoms with E-state index in [0.29, 0.717) is 0 Å². The topological polar surface area (TPSA) is 20.3 Å². The molecular weight excluding hydrogens is 246 g/mol. The van der Waals surface area contributed by atoms with E-state index in [0.717, 1.165) is 24.2 Å². The number of hydrogen-bond acceptors (Lipinski definition) is 1. The van der Waals surface area contributed by atoms with Gasteiger partial charge in [-0.3, -0.25) is 4.79 Å². The minimum atomic E-state index is -0.398. The second kappa shape index (κ2) is 4.78. The average Bonchev–Trinajstić information content (AvgIpc) is 2.77. The number of carbonyl (C=O) groups is 1. The molecule has 2 heteroatoms. The molecule has 0 aromatic heterocycles. The Morgan fingerprint density at radius 3 is 2.50 bits per heavy atom. The van der Waals surface area contributed by atoms with E-state index < -0.39 is 5.41 Å². The molecule has 0 saturated carbocycles. The van der Waals surface area contributed by atoms with E-state index in [9.17, 15) is 4.79 Å². The number of amides is 1. The first-order valence-corrected chi connectivity index (χ1v) is 7.05. The summed E-state index contributed by atoms with van der Waals surface area (Å²) < 4.78 is 0. The molecule has 0 aliphatic carbocycles. The van der Waals surface area contributed by atoms with Crippen LogP contribution in [0, 0.1) is 6.92 Å². The minimum absolute atomic E-state index is 0.203. The van der Waals surface area contributed by atoms with Crippen LogP contribution in [0.2, 0.25) is 0 Å². The van der Waals surface area contributed by atoms with Gasteiger partial charge >= 0.3 is 0 Å². The standard InChI is InChI=1S/C18H19NO/c1-14-7-6-10-16(13-14)19-12-11-18(2,17(19)20)15-8-4-3-5-9-15/h3-10,13H,11-12H2,1-2H3/t18-/m0/s1. The van der Waals surface area contributed by atoms with Crippen LogP contribution in [-0.2, 0) is 10.2 Å². The summed E-state index contributed by atoms with van der Waals surface area (Å²) in [7, 11) is 0. The molecule has 0 unspecified atom stereocenters. The highest BCUT2D eigenvalue weighted by atomic mass is 16.2. The van der Waals surface area contributed by atoms with Crippen LogP contribution in [0.25, 0.3) is 0 Å². The summed E-state index contributed by atoms with van der Waals surface area (Å²) in [6.07, 6.45) is 0.865. The van der Waals surface area contributed by atoms with Gasteiger partial charge in [0, 0.05) is 12.2 Å². The van der Waals surface area contributed by atoms with Crippen molar-refractivity contribution in [2.75, 3.05) is 11.4 Å². The summed E-state index contributed by atoms with van der Waals surface area (Å²) in [6, 6.07) is 18.3. The lowest BCUT2D eigenvalue weighted by molar-refractivity contribution is -0.121. The second-order valence-electron chi connectivity index (χ2n) is 5.74. The zero-order chi connectivity index (χ0) is 14.2. The molecule has 0 N–H and O–H groups in total. The zero-order valence-electron chi connectivity index (χ0n) is 12.0. The third kappa shape index (κ3) is 2.01. The van der Waals surface area contributed by atoms with Gasteiger partial charge in [-0.05, 0) is 43.5 Å². The molecule has 0 radical (unpaired) electrons. The molecule has 0 bridgehead atoms. The first kappa shape index (κ1) is 12.9. The first-order valence-electron chi connectivity index (χ1n) is 7.05. The molecule has 1 aliphatic heterocycles. The molecule has 2 aromatic rings. The lowest BCUT2D eigenvalue weighted by Crippen LogP contribution is -2.35. The van der Waals surface area contributed by atoms with Crippen LogP contribution in [0.15, 0.2) is 54.6 Å². The van der Waals surface area contributed by atoms with Gasteiger partial charge in [-0.25, -0.2) is 0 Å². The average molecular weight is 265 g/mol. The predicted molar refractivity (Wildman–Crippen MR) is 81.9 cm³/mol. The fraction of sp³-hybridized carbons (Fsp3) is 0.278. The van der Waals surface area contributed by atoms with Crippen LogP contribution in [0.4, 0.5) is 5.69 Å². The van der Waals surface area contributed by atoms with Crippen molar-refractivity contribution in [1.29, 1.82) is 0 Å². The quantitative estimate of drug-likeness (QED) is 0.811. The molecule has 1 fully saturated rings. The predicted octanol–water partition coefficient (Wildman–Crippen LogP) is 3.69. The number of hydrogen-bond donors (Lipinski definition) is 0. The van der Waals surface area contributed by atoms with Gasteiger partial charge in [0.05, 0.1) is 5.41 Å². The molecule has 3 rings (SSSR count). The molecule has 102 valence electrons. The maximum atomic E-state index is 12.9. The lowest BCUT2D eigenvalue weighted by atomic mass is 9.81. The maximum absolute atomic E-state index is 12.9. The number of aryl methyl sites for hydroxylation is 1. The summed E-state index contributed by atoms with van der Waals surface area (Å²) >= 11 is 0. The first-order chi connectivity index (χ1) is 9.61. The van der Waals surface area contributed by atoms with E-state index in [1.54, 1.807) is 0 Å². The second-order valence-corrected chi connectivity index (χ2v) is 5.74. The third-order valence-corrected chi connectivity index (χ3v) is 4.28. The van der Waals surface area contributed by atoms with E-state index >= 15 is 0 Å². The van der Waals surface area contributed by atoms with Crippen molar-refractivity contribution >= 4 is 11.6 Å². The summed E-state index contributed by atoms with van der Waals surface area (Å²) in [5.74, 6) is 0.203. The molecule has 20 heavy (non-hydrogen) atoms. The van der Waals surface area contributed by atoms with Crippen LogP contribution in [0.3, 0.4) is 0 Å². The van der Waals surface area contributed by atoms with Crippen molar-refractivity contribution < 1.29 is 4.79 Å². The lowest BCUT2D eigenvalue weighted by Gasteiger charge is -2.24. The van der Waals surface area contributed by atoms with Gasteiger partial charge in [-0.15, -0.1) is 0 Å². The fourth-order valence-corrected chi connectivity index (χ4v) is 2.96. The van der Waals surface area contributed by atoms with Gasteiger partial charge in [0.2, 0.25) is 5.91 Å². The summed E-state index contributed by atoms with van der Waals surface area (Å²) in [4.78, 5) is 14.8. The highest BCUT2D eigenvalue weighted by Crippen LogP contribution is 2.37. The van der Waals surface area contributed by atoms with Crippen molar-refractivity contribution in [3.8, 4) is 0 Å². The summed E-state index contributed by atoms with van der Waals surface area (Å²) in [5, 5.41) is 0. The third-order valence-electron chi connectivity index (χ3n) is 4.28. The molecule has 2 nitrogen and oxygen atoms in total. The van der Waals surface area contributed by atoms with Crippen molar-refractivity contribution in [2.45, 2.75) is 25.7 Å². The van der Waals surface area contributed by atoms with Gasteiger partial charge in [0.25, 0.3) is 0 Å². The highest BCUT2D eigenvalue weighted by Gasteiger charge is 2.44. The van der Waals surface area contributed by atoms with Crippen LogP contribution < -0.4 is 4.90 Å². The Balaban J connectivity index is 1.95. The smallest absolute Gasteiger partial charge is 0.237 e. The Kier molecular flexibility index (Phi) is 3.09. The maximum Gasteiger partial charge on any atom is 0.237 e. The van der Waals surface area contributed by atoms with Gasteiger partial charge in [-0.1, -0.05) is 42.5 Å². The van der Waals surface area contributed by atoms with Gasteiger partial charge < -0.3 is 4.90 Å². The zero-order valence-corrected chi connectivity index (χ0v) is 12.0. The SMILES string of the molecule is Cc1cccc(N2CC[C@@](C)(c3ccccc3)C2=O)c1. The van der Waals surface area contributed by atoms with E-state index in [-0.39, 0.29) is 5.91 Å². The van der Waals surface area contributed by atoms with E-state index in [4.69, 9.17) is 0 Å². The van der Waals surface area contributed by atoms with Gasteiger partial charge in [0.1, 0.15) is 0 Å². The molecule has 2 aromatic carbocycles. The number of rotatable bonds is 2. The summed E-state index contributed by atoms with van der Waals surface area (Å²) in [6.45, 7) is 4.90. The van der Waals surface area contributed by atoms with E-state index in [1.807, 2.05) is 35.2 Å². The molecule has 1 saturated heterocycles. The fourth-order valence-electron chi connectivity index (χ4n) is 2.96. The molecule has 0 spiro atoms. The number of nitrogens with zero attached hydrogens (tertiary/aromatic N) is 1. The van der Waals surface area contributed by atoms with E-state index in [1.165, 1.54) is 5.56 Å². The van der Waals surface area contributed by atoms with Crippen molar-refractivity contribution in [2.24, 2.45) is 0 Å². The van der Waals surface area contributed by atoms with E-state index in [2.05, 4.69) is 38.1 Å². The Labute approximate surface area is 120 Å². The molecule has 1 aliphatic rings. The molecule has 1 amide bonds. The number of anilines is 1. The monoisotopic (exact) mass is 265 g/mol. The summed E-state index contributed by atoms with van der Waals surface area (Å²) in [5.41, 5.74) is 2.91. The molecule has 1 atom stereocenters. The van der Waals surface area contributed by atoms with Crippen LogP contribution in [-0.4, -0.2) is 12.5 Å². The Hall–Kier alpha value is -2.09. The van der Waals surface area contributed by atoms with Crippen LogP contribution >= 0.6 is 0 Å². The number of carbonyl (C=O) groups excluding carboxylic acids is 1. The minimum Gasteiger partial charge on any atom is -0.312 e. The van der Waals surface area contributed by atoms with Crippen molar-refractivity contribution in [3.05, 3.63) is 65.7 Å². The molecule has 1 heterocycles. The Bertz CT molecular complexity index is 635. The highest BCUT2D eigenvalue weighted by molar-refractivity contribution is 6.03. The molecular formula is C18H19NO. The Morgan fingerprint density at radius 2 is 1.80 bits per heavy atom. The number of benzene rings is 2. The van der Waals surface area contributed by atoms with Crippen molar-refractivity contribution in [1.82, 2.24) is 0 Å². The van der Waals surface area contributed by atoms with Crippen LogP contribution in [0.5, 0.6) is 0 Å². The largest absolute Gasteiger partial charge is 0.312 e. The van der Waals surface area contributed by atoms with Crippen LogP contribution in [0.1, 0.15) is 24.5 Å². The Morgan fingerprint density at radius 1 is 1.05 bits per heavy atom. The van der Waals surface area contributed by atoms with Gasteiger partial charge in [-0.2, -0.15) is 0 Å². The van der Waals surface area contributed by atoms with Gasteiger partial charge in [0.15, 0.2) is 0 Å². The van der Waals surface area contributed by atoms with Crippen molar-refractivity contribution in [3.63, 3.8) is 0 Å². The normalized spacial score (nSPS) is 22.3.